The SMILES string of the molecule is CC1=C(C#N)C(c2cccc(C(=O)NCCCO)c2)C(C#N)=C(C)N1. The molecule has 6 heteroatoms. The summed E-state index contributed by atoms with van der Waals surface area (Å²) in [5, 5.41) is 33.7. The molecule has 0 aromatic heterocycles. The number of nitrogens with one attached hydrogen (secondary N) is 2. The molecule has 1 aromatic rings. The lowest BCUT2D eigenvalue weighted by molar-refractivity contribution is 0.0951. The van der Waals surface area contributed by atoms with Crippen LogP contribution >= 0.6 is 0 Å². The van der Waals surface area contributed by atoms with E-state index in [4.69, 9.17) is 5.11 Å². The van der Waals surface area contributed by atoms with E-state index in [1.807, 2.05) is 6.07 Å². The van der Waals surface area contributed by atoms with Gasteiger partial charge in [0.15, 0.2) is 0 Å². The molecule has 1 aliphatic rings. The summed E-state index contributed by atoms with van der Waals surface area (Å²) >= 11 is 0. The quantitative estimate of drug-likeness (QED) is 0.713. The zero-order valence-electron chi connectivity index (χ0n) is 14.3. The number of carbonyl (C=O) groups excluding carboxylic acids is 1. The Morgan fingerprint density at radius 3 is 2.44 bits per heavy atom. The summed E-state index contributed by atoms with van der Waals surface area (Å²) in [6, 6.07) is 11.3. The van der Waals surface area contributed by atoms with Crippen LogP contribution in [0.5, 0.6) is 0 Å². The normalized spacial score (nSPS) is 14.6. The van der Waals surface area contributed by atoms with Gasteiger partial charge >= 0.3 is 0 Å². The van der Waals surface area contributed by atoms with Crippen molar-refractivity contribution in [3.63, 3.8) is 0 Å². The van der Waals surface area contributed by atoms with Crippen molar-refractivity contribution in [1.82, 2.24) is 10.6 Å². The third-order valence-corrected chi connectivity index (χ3v) is 4.10. The first-order valence-electron chi connectivity index (χ1n) is 8.01. The third kappa shape index (κ3) is 3.88. The molecule has 25 heavy (non-hydrogen) atoms. The lowest BCUT2D eigenvalue weighted by Crippen LogP contribution is -2.26. The second-order valence-corrected chi connectivity index (χ2v) is 5.82. The van der Waals surface area contributed by atoms with Gasteiger partial charge in [-0.3, -0.25) is 4.79 Å². The Morgan fingerprint density at radius 1 is 1.24 bits per heavy atom. The second-order valence-electron chi connectivity index (χ2n) is 5.82. The maximum Gasteiger partial charge on any atom is 0.251 e. The number of nitriles is 2. The highest BCUT2D eigenvalue weighted by Crippen LogP contribution is 2.37. The molecule has 1 heterocycles. The van der Waals surface area contributed by atoms with Gasteiger partial charge in [-0.2, -0.15) is 10.5 Å². The number of carbonyl (C=O) groups is 1. The van der Waals surface area contributed by atoms with Gasteiger partial charge in [-0.15, -0.1) is 0 Å². The third-order valence-electron chi connectivity index (χ3n) is 4.10. The van der Waals surface area contributed by atoms with E-state index in [1.54, 1.807) is 32.0 Å². The summed E-state index contributed by atoms with van der Waals surface area (Å²) < 4.78 is 0. The van der Waals surface area contributed by atoms with Crippen LogP contribution < -0.4 is 10.6 Å². The van der Waals surface area contributed by atoms with Crippen LogP contribution in [-0.2, 0) is 0 Å². The molecule has 0 aliphatic carbocycles. The van der Waals surface area contributed by atoms with Crippen LogP contribution in [0.3, 0.4) is 0 Å². The Labute approximate surface area is 147 Å². The molecule has 1 aliphatic heterocycles. The zero-order valence-corrected chi connectivity index (χ0v) is 14.3. The van der Waals surface area contributed by atoms with E-state index in [9.17, 15) is 15.3 Å². The first-order chi connectivity index (χ1) is 12.0. The Hall–Kier alpha value is -3.09. The Bertz CT molecular complexity index is 789. The van der Waals surface area contributed by atoms with E-state index in [2.05, 4.69) is 22.8 Å². The maximum absolute atomic E-state index is 12.2. The molecule has 128 valence electrons. The predicted molar refractivity (Wildman–Crippen MR) is 93.0 cm³/mol. The fraction of sp³-hybridized carbons (Fsp3) is 0.316. The summed E-state index contributed by atoms with van der Waals surface area (Å²) in [5.74, 6) is -0.732. The fourth-order valence-electron chi connectivity index (χ4n) is 2.87. The summed E-state index contributed by atoms with van der Waals surface area (Å²) in [6.45, 7) is 4.00. The van der Waals surface area contributed by atoms with Crippen LogP contribution in [0.15, 0.2) is 46.8 Å². The van der Waals surface area contributed by atoms with Crippen LogP contribution in [0.4, 0.5) is 0 Å². The number of aliphatic hydroxyl groups excluding tert-OH is 1. The second kappa shape index (κ2) is 8.14. The largest absolute Gasteiger partial charge is 0.396 e. The molecule has 6 nitrogen and oxygen atoms in total. The van der Waals surface area contributed by atoms with Crippen molar-refractivity contribution < 1.29 is 9.90 Å². The first kappa shape index (κ1) is 18.3. The molecule has 0 spiro atoms. The Balaban J connectivity index is 2.41. The number of aliphatic hydroxyl groups is 1. The van der Waals surface area contributed by atoms with Crippen LogP contribution in [0, 0.1) is 22.7 Å². The van der Waals surface area contributed by atoms with E-state index in [0.717, 1.165) is 5.56 Å². The molecule has 0 atom stereocenters. The molecular weight excluding hydrogens is 316 g/mol. The summed E-state index contributed by atoms with van der Waals surface area (Å²) in [6.07, 6.45) is 0.487. The molecule has 3 N–H and O–H groups in total. The summed E-state index contributed by atoms with van der Waals surface area (Å²) in [7, 11) is 0. The van der Waals surface area contributed by atoms with Crippen molar-refractivity contribution in [3.8, 4) is 12.1 Å². The van der Waals surface area contributed by atoms with Crippen molar-refractivity contribution in [2.75, 3.05) is 13.2 Å². The lowest BCUT2D eigenvalue weighted by Gasteiger charge is -2.26. The number of benzene rings is 1. The van der Waals surface area contributed by atoms with Gasteiger partial charge in [0.05, 0.1) is 29.2 Å². The van der Waals surface area contributed by atoms with E-state index < -0.39 is 5.92 Å². The summed E-state index contributed by atoms with van der Waals surface area (Å²) in [4.78, 5) is 12.2. The molecule has 0 bridgehead atoms. The standard InChI is InChI=1S/C19H20N4O2/c1-12-16(10-20)18(17(11-21)13(2)23-12)14-5-3-6-15(9-14)19(25)22-7-4-8-24/h3,5-6,9,18,23-24H,4,7-8H2,1-2H3,(H,22,25). The van der Waals surface area contributed by atoms with Gasteiger partial charge in [-0.1, -0.05) is 12.1 Å². The van der Waals surface area contributed by atoms with Crippen molar-refractivity contribution in [2.45, 2.75) is 26.2 Å². The molecule has 0 unspecified atom stereocenters. The van der Waals surface area contributed by atoms with Crippen LogP contribution in [0.2, 0.25) is 0 Å². The predicted octanol–water partition coefficient (Wildman–Crippen LogP) is 2.08. The highest BCUT2D eigenvalue weighted by Gasteiger charge is 2.29. The van der Waals surface area contributed by atoms with Gasteiger partial charge in [0.2, 0.25) is 0 Å². The van der Waals surface area contributed by atoms with Gasteiger partial charge in [0.1, 0.15) is 0 Å². The maximum atomic E-state index is 12.2. The van der Waals surface area contributed by atoms with Gasteiger partial charge in [-0.05, 0) is 38.0 Å². The zero-order chi connectivity index (χ0) is 18.4. The molecular formula is C19H20N4O2. The minimum atomic E-state index is -0.485. The van der Waals surface area contributed by atoms with Crippen LogP contribution in [-0.4, -0.2) is 24.2 Å². The monoisotopic (exact) mass is 336 g/mol. The molecule has 1 amide bonds. The fourth-order valence-corrected chi connectivity index (χ4v) is 2.87. The number of hydrogen-bond donors (Lipinski definition) is 3. The van der Waals surface area contributed by atoms with Crippen LogP contribution in [0.25, 0.3) is 0 Å². The Kier molecular flexibility index (Phi) is 5.94. The molecule has 0 fully saturated rings. The number of amides is 1. The molecule has 2 rings (SSSR count). The highest BCUT2D eigenvalue weighted by molar-refractivity contribution is 5.94. The Morgan fingerprint density at radius 2 is 1.88 bits per heavy atom. The molecule has 1 aromatic carbocycles. The lowest BCUT2D eigenvalue weighted by atomic mass is 9.81. The van der Waals surface area contributed by atoms with Gasteiger partial charge in [-0.25, -0.2) is 0 Å². The summed E-state index contributed by atoms with van der Waals surface area (Å²) in [5.41, 5.74) is 3.55. The number of hydrogen-bond acceptors (Lipinski definition) is 5. The van der Waals surface area contributed by atoms with Gasteiger partial charge in [0, 0.05) is 30.1 Å². The van der Waals surface area contributed by atoms with Gasteiger partial charge < -0.3 is 15.7 Å². The molecule has 0 saturated heterocycles. The minimum absolute atomic E-state index is 0.0145. The minimum Gasteiger partial charge on any atom is -0.396 e. The number of allylic oxidation sites excluding steroid dienone is 4. The van der Waals surface area contributed by atoms with Crippen molar-refractivity contribution >= 4 is 5.91 Å². The van der Waals surface area contributed by atoms with E-state index >= 15 is 0 Å². The van der Waals surface area contributed by atoms with Crippen molar-refractivity contribution in [3.05, 3.63) is 57.9 Å². The van der Waals surface area contributed by atoms with Crippen molar-refractivity contribution in [2.24, 2.45) is 0 Å². The van der Waals surface area contributed by atoms with E-state index in [0.29, 0.717) is 41.1 Å². The van der Waals surface area contributed by atoms with E-state index in [-0.39, 0.29) is 12.5 Å². The topological polar surface area (TPSA) is 109 Å². The smallest absolute Gasteiger partial charge is 0.251 e. The highest BCUT2D eigenvalue weighted by atomic mass is 16.3. The van der Waals surface area contributed by atoms with Gasteiger partial charge in [0.25, 0.3) is 5.91 Å². The number of dihydropyridines is 1. The average Bonchev–Trinajstić information content (AvgIpc) is 2.61. The molecule has 0 radical (unpaired) electrons. The molecule has 0 saturated carbocycles. The number of rotatable bonds is 5. The first-order valence-corrected chi connectivity index (χ1v) is 8.01. The van der Waals surface area contributed by atoms with E-state index in [1.165, 1.54) is 0 Å². The average molecular weight is 336 g/mol. The van der Waals surface area contributed by atoms with Crippen molar-refractivity contribution in [1.29, 1.82) is 10.5 Å². The van der Waals surface area contributed by atoms with Crippen LogP contribution in [0.1, 0.15) is 42.1 Å². The number of nitrogens with zero attached hydrogens (tertiary/aromatic N) is 2.